The highest BCUT2D eigenvalue weighted by atomic mass is 35.5. The number of rotatable bonds is 6. The molecule has 0 atom stereocenters. The highest BCUT2D eigenvalue weighted by Gasteiger charge is 2.24. The van der Waals surface area contributed by atoms with Crippen molar-refractivity contribution >= 4 is 47.2 Å². The largest absolute Gasteiger partial charge is 0.325 e. The Balaban J connectivity index is 0.00000208. The molecule has 1 aromatic rings. The number of halogens is 3. The van der Waals surface area contributed by atoms with Crippen LogP contribution in [0.5, 0.6) is 0 Å². The van der Waals surface area contributed by atoms with Crippen molar-refractivity contribution in [1.82, 2.24) is 10.2 Å². The summed E-state index contributed by atoms with van der Waals surface area (Å²) >= 11 is 11.8. The number of piperidine rings is 1. The van der Waals surface area contributed by atoms with E-state index in [2.05, 4.69) is 15.5 Å². The van der Waals surface area contributed by atoms with E-state index in [1.54, 1.807) is 18.2 Å². The van der Waals surface area contributed by atoms with E-state index in [-0.39, 0.29) is 18.3 Å². The molecule has 1 saturated heterocycles. The van der Waals surface area contributed by atoms with Gasteiger partial charge in [-0.25, -0.2) is 0 Å². The smallest absolute Gasteiger partial charge is 0.238 e. The third-order valence-corrected chi connectivity index (χ3v) is 5.29. The topological polar surface area (TPSA) is 44.4 Å². The summed E-state index contributed by atoms with van der Waals surface area (Å²) in [4.78, 5) is 14.3. The Morgan fingerprint density at radius 1 is 1.12 bits per heavy atom. The Bertz CT molecular complexity index is 558. The third kappa shape index (κ3) is 6.08. The molecule has 4 nitrogen and oxygen atoms in total. The molecule has 0 radical (unpaired) electrons. The lowest BCUT2D eigenvalue weighted by Gasteiger charge is -2.32. The number of nitrogens with one attached hydrogen (secondary N) is 2. The highest BCUT2D eigenvalue weighted by Crippen LogP contribution is 2.28. The quantitative estimate of drug-likeness (QED) is 0.773. The number of likely N-dealkylation sites (tertiary alicyclic amines) is 1. The molecule has 0 bridgehead atoms. The summed E-state index contributed by atoms with van der Waals surface area (Å²) in [6, 6.07) is 5.75. The molecule has 0 aromatic heterocycles. The molecule has 1 aromatic carbocycles. The summed E-state index contributed by atoms with van der Waals surface area (Å²) in [6.07, 6.45) is 5.01. The maximum absolute atomic E-state index is 12.1. The summed E-state index contributed by atoms with van der Waals surface area (Å²) in [6.45, 7) is 3.53. The molecule has 2 fully saturated rings. The van der Waals surface area contributed by atoms with Gasteiger partial charge in [-0.2, -0.15) is 0 Å². The van der Waals surface area contributed by atoms with Crippen LogP contribution in [0.15, 0.2) is 18.2 Å². The predicted octanol–water partition coefficient (Wildman–Crippen LogP) is 3.82. The van der Waals surface area contributed by atoms with E-state index in [1.165, 1.54) is 19.4 Å². The monoisotopic (exact) mass is 391 g/mol. The molecule has 1 aliphatic carbocycles. The number of anilines is 1. The Labute approximate surface area is 159 Å². The molecular formula is C17H24Cl3N3O. The van der Waals surface area contributed by atoms with Crippen molar-refractivity contribution in [2.45, 2.75) is 31.7 Å². The molecule has 1 amide bonds. The van der Waals surface area contributed by atoms with Gasteiger partial charge < -0.3 is 10.6 Å². The van der Waals surface area contributed by atoms with Crippen molar-refractivity contribution < 1.29 is 4.79 Å². The molecule has 134 valence electrons. The molecule has 3 rings (SSSR count). The lowest BCUT2D eigenvalue weighted by atomic mass is 10.0. The number of nitrogens with zero attached hydrogens (tertiary/aromatic N) is 1. The first kappa shape index (κ1) is 19.8. The Kier molecular flexibility index (Phi) is 7.63. The Morgan fingerprint density at radius 3 is 2.46 bits per heavy atom. The van der Waals surface area contributed by atoms with Crippen LogP contribution in [0, 0.1) is 5.92 Å². The summed E-state index contributed by atoms with van der Waals surface area (Å²) in [5.74, 6) is 0.915. The molecule has 0 spiro atoms. The van der Waals surface area contributed by atoms with Crippen LogP contribution >= 0.6 is 35.6 Å². The summed E-state index contributed by atoms with van der Waals surface area (Å²) in [5.41, 5.74) is 0.686. The van der Waals surface area contributed by atoms with Crippen LogP contribution in [0.1, 0.15) is 25.7 Å². The summed E-state index contributed by atoms with van der Waals surface area (Å²) in [5, 5.41) is 7.47. The van der Waals surface area contributed by atoms with Crippen LogP contribution in [0.3, 0.4) is 0 Å². The van der Waals surface area contributed by atoms with Crippen molar-refractivity contribution in [3.05, 3.63) is 28.2 Å². The minimum atomic E-state index is -0.00669. The van der Waals surface area contributed by atoms with Gasteiger partial charge in [0.15, 0.2) is 0 Å². The van der Waals surface area contributed by atoms with Gasteiger partial charge in [0.1, 0.15) is 0 Å². The second-order valence-electron chi connectivity index (χ2n) is 6.58. The molecule has 7 heteroatoms. The number of amides is 1. The minimum Gasteiger partial charge on any atom is -0.325 e. The van der Waals surface area contributed by atoms with Gasteiger partial charge in [0.05, 0.1) is 16.6 Å². The van der Waals surface area contributed by atoms with Crippen LogP contribution < -0.4 is 10.6 Å². The van der Waals surface area contributed by atoms with Crippen molar-refractivity contribution in [3.63, 3.8) is 0 Å². The van der Waals surface area contributed by atoms with E-state index in [4.69, 9.17) is 23.2 Å². The molecule has 0 unspecified atom stereocenters. The predicted molar refractivity (Wildman–Crippen MR) is 103 cm³/mol. The molecule has 24 heavy (non-hydrogen) atoms. The number of benzene rings is 1. The van der Waals surface area contributed by atoms with Crippen LogP contribution in [-0.2, 0) is 4.79 Å². The van der Waals surface area contributed by atoms with Gasteiger partial charge in [0, 0.05) is 24.8 Å². The Hall–Kier alpha value is -0.520. The first-order valence-electron chi connectivity index (χ1n) is 8.31. The second-order valence-corrected chi connectivity index (χ2v) is 7.39. The molecule has 2 aliphatic rings. The van der Waals surface area contributed by atoms with Crippen molar-refractivity contribution in [3.8, 4) is 0 Å². The van der Waals surface area contributed by atoms with Crippen molar-refractivity contribution in [2.75, 3.05) is 31.5 Å². The van der Waals surface area contributed by atoms with Gasteiger partial charge in [0.2, 0.25) is 5.91 Å². The van der Waals surface area contributed by atoms with Crippen LogP contribution in [0.25, 0.3) is 0 Å². The lowest BCUT2D eigenvalue weighted by molar-refractivity contribution is -0.117. The number of hydrogen-bond donors (Lipinski definition) is 2. The van der Waals surface area contributed by atoms with Gasteiger partial charge in [0.25, 0.3) is 0 Å². The number of hydrogen-bond acceptors (Lipinski definition) is 3. The summed E-state index contributed by atoms with van der Waals surface area (Å²) in [7, 11) is 0. The van der Waals surface area contributed by atoms with Crippen LogP contribution in [-0.4, -0.2) is 43.0 Å². The van der Waals surface area contributed by atoms with Gasteiger partial charge >= 0.3 is 0 Å². The van der Waals surface area contributed by atoms with E-state index in [0.29, 0.717) is 28.3 Å². The van der Waals surface area contributed by atoms with E-state index in [0.717, 1.165) is 31.8 Å². The normalized spacial score (nSPS) is 18.9. The van der Waals surface area contributed by atoms with Crippen LogP contribution in [0.2, 0.25) is 10.0 Å². The van der Waals surface area contributed by atoms with E-state index in [1.807, 2.05) is 0 Å². The van der Waals surface area contributed by atoms with E-state index in [9.17, 15) is 4.79 Å². The van der Waals surface area contributed by atoms with Gasteiger partial charge in [-0.15, -0.1) is 12.4 Å². The molecule has 2 N–H and O–H groups in total. The maximum atomic E-state index is 12.1. The average Bonchev–Trinajstić information content (AvgIpc) is 3.34. The fourth-order valence-corrected chi connectivity index (χ4v) is 3.23. The average molecular weight is 393 g/mol. The highest BCUT2D eigenvalue weighted by molar-refractivity contribution is 6.42. The molecule has 1 saturated carbocycles. The maximum Gasteiger partial charge on any atom is 0.238 e. The first-order chi connectivity index (χ1) is 11.1. The van der Waals surface area contributed by atoms with Gasteiger partial charge in [-0.1, -0.05) is 23.2 Å². The van der Waals surface area contributed by atoms with Crippen LogP contribution in [0.4, 0.5) is 5.69 Å². The standard InChI is InChI=1S/C17H23Cl2N3O.ClH/c18-15-4-3-14(9-16(15)19)21-17(23)11-22-7-5-13(6-8-22)20-10-12-1-2-12;/h3-4,9,12-13,20H,1-2,5-8,10-11H2,(H,21,23);1H. The Morgan fingerprint density at radius 2 is 1.83 bits per heavy atom. The van der Waals surface area contributed by atoms with Crippen molar-refractivity contribution in [1.29, 1.82) is 0 Å². The summed E-state index contributed by atoms with van der Waals surface area (Å²) < 4.78 is 0. The fourth-order valence-electron chi connectivity index (χ4n) is 2.93. The van der Waals surface area contributed by atoms with Crippen molar-refractivity contribution in [2.24, 2.45) is 5.92 Å². The zero-order valence-corrected chi connectivity index (χ0v) is 15.9. The molecule has 1 heterocycles. The third-order valence-electron chi connectivity index (χ3n) is 4.55. The minimum absolute atomic E-state index is 0. The number of carbonyl (C=O) groups excluding carboxylic acids is 1. The van der Waals surface area contributed by atoms with E-state index < -0.39 is 0 Å². The SMILES string of the molecule is Cl.O=C(CN1CCC(NCC2CC2)CC1)Nc1ccc(Cl)c(Cl)c1. The molecule has 1 aliphatic heterocycles. The van der Waals surface area contributed by atoms with Gasteiger partial charge in [-0.05, 0) is 56.3 Å². The zero-order valence-electron chi connectivity index (χ0n) is 13.6. The zero-order chi connectivity index (χ0) is 16.2. The lowest BCUT2D eigenvalue weighted by Crippen LogP contribution is -2.45. The number of carbonyl (C=O) groups is 1. The second kappa shape index (κ2) is 9.25. The molecular weight excluding hydrogens is 369 g/mol. The fraction of sp³-hybridized carbons (Fsp3) is 0.588. The van der Waals surface area contributed by atoms with E-state index >= 15 is 0 Å². The van der Waals surface area contributed by atoms with Gasteiger partial charge in [-0.3, -0.25) is 9.69 Å². The first-order valence-corrected chi connectivity index (χ1v) is 9.06.